The zero-order chi connectivity index (χ0) is 30.1. The van der Waals surface area contributed by atoms with Crippen LogP contribution in [0.4, 0.5) is 0 Å². The standard InChI is InChI=1S/C24H33NO4.C6H8O7/c25-9-10-26-22-3-1-18(2-4-22)19-5-7-23(8-6-19)27-24(29-28-23)20-12-16-11-17(14-20)15-21(24)13-16;7-3(8)1-6(13,5(11)12)2-4(9)10/h1-4,16-17,19-21H,5-15,25H2;13H,1-2H2,(H,7,8)(H,9,10)(H,11,12). The fraction of sp³-hybridized carbons (Fsp3) is 0.700. The maximum Gasteiger partial charge on any atom is 0.336 e. The molecule has 1 heterocycles. The van der Waals surface area contributed by atoms with Gasteiger partial charge in [-0.1, -0.05) is 12.1 Å². The molecule has 232 valence electrons. The van der Waals surface area contributed by atoms with Crippen LogP contribution in [0.3, 0.4) is 0 Å². The van der Waals surface area contributed by atoms with E-state index in [1.807, 2.05) is 0 Å². The maximum absolute atomic E-state index is 10.3. The normalized spacial score (nSPS) is 34.7. The highest BCUT2D eigenvalue weighted by Gasteiger charge is 2.66. The van der Waals surface area contributed by atoms with Crippen molar-refractivity contribution in [1.82, 2.24) is 0 Å². The fourth-order valence-corrected chi connectivity index (χ4v) is 7.91. The molecule has 0 aromatic heterocycles. The molecule has 2 spiro atoms. The van der Waals surface area contributed by atoms with Crippen molar-refractivity contribution in [3.63, 3.8) is 0 Å². The first-order valence-corrected chi connectivity index (χ1v) is 14.8. The second kappa shape index (κ2) is 12.1. The first kappa shape index (κ1) is 30.7. The minimum Gasteiger partial charge on any atom is -0.492 e. The number of carbonyl (C=O) groups is 3. The molecule has 1 saturated heterocycles. The van der Waals surface area contributed by atoms with Gasteiger partial charge in [0.2, 0.25) is 11.6 Å². The molecule has 0 amide bonds. The fourth-order valence-electron chi connectivity index (χ4n) is 7.91. The van der Waals surface area contributed by atoms with Crippen LogP contribution in [0, 0.1) is 23.7 Å². The van der Waals surface area contributed by atoms with Gasteiger partial charge in [-0.25, -0.2) is 4.79 Å². The third kappa shape index (κ3) is 6.28. The summed E-state index contributed by atoms with van der Waals surface area (Å²) < 4.78 is 12.4. The van der Waals surface area contributed by atoms with Crippen LogP contribution in [-0.2, 0) is 28.9 Å². The summed E-state index contributed by atoms with van der Waals surface area (Å²) in [7, 11) is 0. The van der Waals surface area contributed by atoms with Gasteiger partial charge >= 0.3 is 17.9 Å². The van der Waals surface area contributed by atoms with E-state index in [1.54, 1.807) is 0 Å². The SMILES string of the molecule is NCCOc1ccc(C2CCC3(CC2)OOC2(O3)C3CC4CC(C3)CC2C4)cc1.O=C(O)CC(O)(CC(=O)O)C(=O)O. The van der Waals surface area contributed by atoms with Gasteiger partial charge in [-0.05, 0) is 80.4 Å². The molecule has 6 N–H and O–H groups in total. The van der Waals surface area contributed by atoms with Gasteiger partial charge in [0.1, 0.15) is 12.4 Å². The first-order valence-electron chi connectivity index (χ1n) is 14.8. The number of aliphatic hydroxyl groups is 1. The van der Waals surface area contributed by atoms with E-state index in [4.69, 9.17) is 45.4 Å². The van der Waals surface area contributed by atoms with Crippen molar-refractivity contribution in [3.8, 4) is 5.75 Å². The van der Waals surface area contributed by atoms with Gasteiger partial charge in [0.15, 0.2) is 5.60 Å². The molecule has 6 aliphatic rings. The predicted molar refractivity (Wildman–Crippen MR) is 145 cm³/mol. The van der Waals surface area contributed by atoms with Crippen molar-refractivity contribution in [2.24, 2.45) is 29.4 Å². The number of aliphatic carboxylic acids is 3. The van der Waals surface area contributed by atoms with Crippen LogP contribution in [0.1, 0.15) is 82.1 Å². The molecule has 12 heteroatoms. The van der Waals surface area contributed by atoms with E-state index in [1.165, 1.54) is 37.7 Å². The summed E-state index contributed by atoms with van der Waals surface area (Å²) in [5, 5.41) is 33.8. The van der Waals surface area contributed by atoms with E-state index in [0.29, 0.717) is 30.9 Å². The van der Waals surface area contributed by atoms with Crippen LogP contribution in [0.25, 0.3) is 0 Å². The Kier molecular flexibility index (Phi) is 8.82. The van der Waals surface area contributed by atoms with E-state index in [2.05, 4.69) is 24.3 Å². The Morgan fingerprint density at radius 3 is 1.90 bits per heavy atom. The van der Waals surface area contributed by atoms with E-state index in [9.17, 15) is 14.4 Å². The van der Waals surface area contributed by atoms with Crippen molar-refractivity contribution in [3.05, 3.63) is 29.8 Å². The third-order valence-corrected chi connectivity index (χ3v) is 9.72. The van der Waals surface area contributed by atoms with Crippen molar-refractivity contribution in [1.29, 1.82) is 0 Å². The molecule has 1 aromatic carbocycles. The third-order valence-electron chi connectivity index (χ3n) is 9.72. The molecule has 5 saturated carbocycles. The van der Waals surface area contributed by atoms with Crippen molar-refractivity contribution < 1.29 is 54.1 Å². The number of ether oxygens (including phenoxy) is 2. The van der Waals surface area contributed by atoms with Gasteiger partial charge in [-0.3, -0.25) is 9.59 Å². The summed E-state index contributed by atoms with van der Waals surface area (Å²) in [6.07, 6.45) is 8.21. The lowest BCUT2D eigenvalue weighted by atomic mass is 9.53. The van der Waals surface area contributed by atoms with Crippen LogP contribution in [0.2, 0.25) is 0 Å². The zero-order valence-corrected chi connectivity index (χ0v) is 23.6. The molecular weight excluding hydrogens is 550 g/mol. The van der Waals surface area contributed by atoms with E-state index < -0.39 is 47.9 Å². The van der Waals surface area contributed by atoms with Gasteiger partial charge in [-0.15, -0.1) is 0 Å². The average Bonchev–Trinajstić information content (AvgIpc) is 3.30. The van der Waals surface area contributed by atoms with Crippen LogP contribution in [0.15, 0.2) is 24.3 Å². The predicted octanol–water partition coefficient (Wildman–Crippen LogP) is 3.26. The first-order chi connectivity index (χ1) is 20.0. The molecule has 0 radical (unpaired) electrons. The number of benzene rings is 1. The number of carboxylic acid groups (broad SMARTS) is 3. The van der Waals surface area contributed by atoms with Crippen molar-refractivity contribution in [2.75, 3.05) is 13.2 Å². The maximum atomic E-state index is 10.3. The Bertz CT molecular complexity index is 1100. The minimum absolute atomic E-state index is 0.442. The lowest BCUT2D eigenvalue weighted by Gasteiger charge is -2.57. The van der Waals surface area contributed by atoms with Crippen LogP contribution < -0.4 is 10.5 Å². The topological polar surface area (TPSA) is 195 Å². The Hall–Kier alpha value is -2.77. The number of carboxylic acids is 3. The molecule has 5 aliphatic carbocycles. The van der Waals surface area contributed by atoms with E-state index in [0.717, 1.165) is 43.3 Å². The van der Waals surface area contributed by atoms with E-state index >= 15 is 0 Å². The lowest BCUT2D eigenvalue weighted by Crippen LogP contribution is -2.59. The van der Waals surface area contributed by atoms with Gasteiger partial charge in [-0.2, -0.15) is 9.78 Å². The molecule has 1 aromatic rings. The van der Waals surface area contributed by atoms with Crippen molar-refractivity contribution >= 4 is 17.9 Å². The highest BCUT2D eigenvalue weighted by Crippen LogP contribution is 2.64. The summed E-state index contributed by atoms with van der Waals surface area (Å²) in [4.78, 5) is 42.7. The van der Waals surface area contributed by atoms with Gasteiger partial charge in [0.05, 0.1) is 12.8 Å². The number of hydrogen-bond acceptors (Lipinski definition) is 9. The average molecular weight is 592 g/mol. The molecule has 6 fully saturated rings. The molecule has 12 nitrogen and oxygen atoms in total. The highest BCUT2D eigenvalue weighted by molar-refractivity contribution is 5.88. The Morgan fingerprint density at radius 2 is 1.43 bits per heavy atom. The zero-order valence-electron chi connectivity index (χ0n) is 23.6. The smallest absolute Gasteiger partial charge is 0.336 e. The summed E-state index contributed by atoms with van der Waals surface area (Å²) in [6.45, 7) is 1.10. The summed E-state index contributed by atoms with van der Waals surface area (Å²) in [5.41, 5.74) is 4.15. The van der Waals surface area contributed by atoms with Crippen molar-refractivity contribution in [2.45, 2.75) is 93.7 Å². The second-order valence-corrected chi connectivity index (χ2v) is 12.7. The quantitative estimate of drug-likeness (QED) is 0.263. The Labute approximate surface area is 244 Å². The van der Waals surface area contributed by atoms with Gasteiger partial charge in [0, 0.05) is 31.2 Å². The summed E-state index contributed by atoms with van der Waals surface area (Å²) >= 11 is 0. The van der Waals surface area contributed by atoms with Crippen LogP contribution in [-0.4, -0.2) is 68.7 Å². The summed E-state index contributed by atoms with van der Waals surface area (Å²) in [5.74, 6) is -1.65. The Balaban J connectivity index is 0.000000232. The molecule has 0 atom stereocenters. The Morgan fingerprint density at radius 1 is 0.881 bits per heavy atom. The molecule has 1 aliphatic heterocycles. The second-order valence-electron chi connectivity index (χ2n) is 12.7. The largest absolute Gasteiger partial charge is 0.492 e. The van der Waals surface area contributed by atoms with Crippen LogP contribution >= 0.6 is 0 Å². The highest BCUT2D eigenvalue weighted by atomic mass is 17.3. The molecule has 7 rings (SSSR count). The number of hydrogen-bond donors (Lipinski definition) is 5. The molecule has 4 bridgehead atoms. The van der Waals surface area contributed by atoms with Crippen LogP contribution in [0.5, 0.6) is 5.75 Å². The number of rotatable bonds is 9. The van der Waals surface area contributed by atoms with Gasteiger partial charge in [0.25, 0.3) is 0 Å². The summed E-state index contributed by atoms with van der Waals surface area (Å²) in [6, 6.07) is 8.51. The van der Waals surface area contributed by atoms with Gasteiger partial charge < -0.3 is 35.6 Å². The minimum atomic E-state index is -2.74. The number of nitrogens with two attached hydrogens (primary N) is 1. The monoisotopic (exact) mass is 591 g/mol. The van der Waals surface area contributed by atoms with E-state index in [-0.39, 0.29) is 0 Å². The molecule has 42 heavy (non-hydrogen) atoms. The molecule has 0 unspecified atom stereocenters. The lowest BCUT2D eigenvalue weighted by molar-refractivity contribution is -0.390. The molecular formula is C30H41NO11.